The summed E-state index contributed by atoms with van der Waals surface area (Å²) in [4.78, 5) is 0. The average Bonchev–Trinajstić information content (AvgIpc) is 2.53. The van der Waals surface area contributed by atoms with Gasteiger partial charge in [-0.15, -0.1) is 0 Å². The summed E-state index contributed by atoms with van der Waals surface area (Å²) in [6.45, 7) is 8.60. The highest BCUT2D eigenvalue weighted by Gasteiger charge is 2.18. The molecule has 1 aromatic heterocycles. The second-order valence-electron chi connectivity index (χ2n) is 6.14. The quantitative estimate of drug-likeness (QED) is 0.893. The molecule has 0 saturated heterocycles. The minimum atomic E-state index is -0.346. The second kappa shape index (κ2) is 6.07. The van der Waals surface area contributed by atoms with Crippen LogP contribution in [0.5, 0.6) is 0 Å². The van der Waals surface area contributed by atoms with Crippen LogP contribution in [-0.4, -0.2) is 21.0 Å². The van der Waals surface area contributed by atoms with Crippen molar-refractivity contribution in [2.24, 2.45) is 12.5 Å². The summed E-state index contributed by atoms with van der Waals surface area (Å²) in [6, 6.07) is 0. The van der Waals surface area contributed by atoms with Crippen molar-refractivity contribution in [1.82, 2.24) is 9.78 Å². The first kappa shape index (κ1) is 15.5. The van der Waals surface area contributed by atoms with E-state index in [-0.39, 0.29) is 11.5 Å². The average molecular weight is 273 g/mol. The molecule has 1 unspecified atom stereocenters. The summed E-state index contributed by atoms with van der Waals surface area (Å²) >= 11 is 6.27. The van der Waals surface area contributed by atoms with E-state index in [1.165, 1.54) is 0 Å². The fraction of sp³-hybridized carbons (Fsp3) is 0.786. The number of aryl methyl sites for hydroxylation is 2. The number of hydrogen-bond acceptors (Lipinski definition) is 2. The molecule has 0 aliphatic rings. The SMILES string of the molecule is CCc1nn(C)c(CC(O)CCC(C)(C)C)c1Cl. The standard InChI is InChI=1S/C14H25ClN2O/c1-6-11-13(15)12(17(5)16-11)9-10(18)7-8-14(2,3)4/h10,18H,6-9H2,1-5H3. The van der Waals surface area contributed by atoms with E-state index >= 15 is 0 Å². The molecule has 0 radical (unpaired) electrons. The van der Waals surface area contributed by atoms with Gasteiger partial charge in [-0.1, -0.05) is 39.3 Å². The summed E-state index contributed by atoms with van der Waals surface area (Å²) in [7, 11) is 1.89. The molecule has 0 aliphatic heterocycles. The van der Waals surface area contributed by atoms with Crippen LogP contribution in [0.25, 0.3) is 0 Å². The molecule has 1 heterocycles. The maximum Gasteiger partial charge on any atom is 0.0850 e. The predicted octanol–water partition coefficient (Wildman–Crippen LogP) is 3.37. The van der Waals surface area contributed by atoms with Gasteiger partial charge in [0.2, 0.25) is 0 Å². The van der Waals surface area contributed by atoms with Crippen molar-refractivity contribution in [3.8, 4) is 0 Å². The fourth-order valence-electron chi connectivity index (χ4n) is 1.97. The van der Waals surface area contributed by atoms with Crippen molar-refractivity contribution in [2.45, 2.75) is 59.5 Å². The minimum Gasteiger partial charge on any atom is -0.393 e. The molecule has 1 N–H and O–H groups in total. The molecule has 4 heteroatoms. The molecule has 0 fully saturated rings. The summed E-state index contributed by atoms with van der Waals surface area (Å²) in [5.74, 6) is 0. The molecule has 0 aromatic carbocycles. The lowest BCUT2D eigenvalue weighted by Crippen LogP contribution is -2.17. The maximum absolute atomic E-state index is 10.1. The molecular formula is C14H25ClN2O. The Labute approximate surface area is 115 Å². The molecule has 1 atom stereocenters. The Bertz CT molecular complexity index is 393. The summed E-state index contributed by atoms with van der Waals surface area (Å²) < 4.78 is 1.79. The molecule has 0 aliphatic carbocycles. The number of aliphatic hydroxyl groups is 1. The Morgan fingerprint density at radius 3 is 2.44 bits per heavy atom. The predicted molar refractivity (Wildman–Crippen MR) is 76.0 cm³/mol. The molecule has 1 rings (SSSR count). The monoisotopic (exact) mass is 272 g/mol. The van der Waals surface area contributed by atoms with E-state index in [0.717, 1.165) is 35.7 Å². The fourth-order valence-corrected chi connectivity index (χ4v) is 2.34. The van der Waals surface area contributed by atoms with Crippen LogP contribution in [-0.2, 0) is 19.9 Å². The van der Waals surface area contributed by atoms with Gasteiger partial charge in [-0.25, -0.2) is 0 Å². The molecule has 0 bridgehead atoms. The molecular weight excluding hydrogens is 248 g/mol. The number of aliphatic hydroxyl groups excluding tert-OH is 1. The van der Waals surface area contributed by atoms with Crippen LogP contribution in [0, 0.1) is 5.41 Å². The van der Waals surface area contributed by atoms with Crippen LogP contribution in [0.4, 0.5) is 0 Å². The number of nitrogens with zero attached hydrogens (tertiary/aromatic N) is 2. The van der Waals surface area contributed by atoms with Crippen molar-refractivity contribution >= 4 is 11.6 Å². The third-order valence-electron chi connectivity index (χ3n) is 3.16. The van der Waals surface area contributed by atoms with Crippen LogP contribution < -0.4 is 0 Å². The van der Waals surface area contributed by atoms with Gasteiger partial charge in [-0.3, -0.25) is 4.68 Å². The lowest BCUT2D eigenvalue weighted by Gasteiger charge is -2.20. The van der Waals surface area contributed by atoms with Crippen LogP contribution >= 0.6 is 11.6 Å². The third kappa shape index (κ3) is 4.29. The van der Waals surface area contributed by atoms with Crippen molar-refractivity contribution in [1.29, 1.82) is 0 Å². The Morgan fingerprint density at radius 1 is 1.39 bits per heavy atom. The highest BCUT2D eigenvalue weighted by Crippen LogP contribution is 2.25. The van der Waals surface area contributed by atoms with Gasteiger partial charge in [0.25, 0.3) is 0 Å². The maximum atomic E-state index is 10.1. The van der Waals surface area contributed by atoms with E-state index in [4.69, 9.17) is 11.6 Å². The van der Waals surface area contributed by atoms with E-state index < -0.39 is 0 Å². The van der Waals surface area contributed by atoms with Gasteiger partial charge in [0.15, 0.2) is 0 Å². The lowest BCUT2D eigenvalue weighted by molar-refractivity contribution is 0.144. The summed E-state index contributed by atoms with van der Waals surface area (Å²) in [6.07, 6.45) is 2.86. The number of hydrogen-bond donors (Lipinski definition) is 1. The van der Waals surface area contributed by atoms with Gasteiger partial charge in [0, 0.05) is 13.5 Å². The Balaban J connectivity index is 2.64. The molecule has 3 nitrogen and oxygen atoms in total. The Morgan fingerprint density at radius 2 is 2.00 bits per heavy atom. The summed E-state index contributed by atoms with van der Waals surface area (Å²) in [5, 5.41) is 15.2. The first-order valence-electron chi connectivity index (χ1n) is 6.63. The zero-order valence-electron chi connectivity index (χ0n) is 12.1. The van der Waals surface area contributed by atoms with Crippen molar-refractivity contribution in [3.05, 3.63) is 16.4 Å². The van der Waals surface area contributed by atoms with Crippen molar-refractivity contribution in [2.75, 3.05) is 0 Å². The van der Waals surface area contributed by atoms with Crippen LogP contribution in [0.1, 0.15) is 51.9 Å². The Kier molecular flexibility index (Phi) is 5.23. The zero-order chi connectivity index (χ0) is 13.9. The zero-order valence-corrected chi connectivity index (χ0v) is 12.9. The van der Waals surface area contributed by atoms with Gasteiger partial charge in [-0.2, -0.15) is 5.10 Å². The van der Waals surface area contributed by atoms with Crippen molar-refractivity contribution < 1.29 is 5.11 Å². The van der Waals surface area contributed by atoms with Gasteiger partial charge >= 0.3 is 0 Å². The van der Waals surface area contributed by atoms with E-state index in [1.54, 1.807) is 4.68 Å². The first-order chi connectivity index (χ1) is 8.24. The topological polar surface area (TPSA) is 38.0 Å². The molecule has 0 amide bonds. The van der Waals surface area contributed by atoms with Gasteiger partial charge in [0.1, 0.15) is 0 Å². The largest absolute Gasteiger partial charge is 0.393 e. The minimum absolute atomic E-state index is 0.256. The molecule has 0 saturated carbocycles. The van der Waals surface area contributed by atoms with E-state index in [0.29, 0.717) is 6.42 Å². The van der Waals surface area contributed by atoms with Crippen LogP contribution in [0.3, 0.4) is 0 Å². The van der Waals surface area contributed by atoms with Gasteiger partial charge in [0.05, 0.1) is 22.5 Å². The normalized spacial score (nSPS) is 13.9. The van der Waals surface area contributed by atoms with Crippen LogP contribution in [0.15, 0.2) is 0 Å². The Hall–Kier alpha value is -0.540. The number of aromatic nitrogens is 2. The second-order valence-corrected chi connectivity index (χ2v) is 6.52. The molecule has 0 spiro atoms. The van der Waals surface area contributed by atoms with Crippen molar-refractivity contribution in [3.63, 3.8) is 0 Å². The first-order valence-corrected chi connectivity index (χ1v) is 7.00. The lowest BCUT2D eigenvalue weighted by atomic mass is 9.88. The highest BCUT2D eigenvalue weighted by molar-refractivity contribution is 6.31. The highest BCUT2D eigenvalue weighted by atomic mass is 35.5. The molecule has 104 valence electrons. The van der Waals surface area contributed by atoms with E-state index in [9.17, 15) is 5.11 Å². The third-order valence-corrected chi connectivity index (χ3v) is 3.60. The molecule has 1 aromatic rings. The van der Waals surface area contributed by atoms with E-state index in [1.807, 2.05) is 14.0 Å². The number of halogens is 1. The van der Waals surface area contributed by atoms with Gasteiger partial charge in [-0.05, 0) is 24.7 Å². The number of rotatable bonds is 5. The smallest absolute Gasteiger partial charge is 0.0850 e. The van der Waals surface area contributed by atoms with Crippen LogP contribution in [0.2, 0.25) is 5.02 Å². The molecule has 18 heavy (non-hydrogen) atoms. The summed E-state index contributed by atoms with van der Waals surface area (Å²) in [5.41, 5.74) is 2.11. The van der Waals surface area contributed by atoms with E-state index in [2.05, 4.69) is 25.9 Å². The van der Waals surface area contributed by atoms with Gasteiger partial charge < -0.3 is 5.11 Å².